The Bertz CT molecular complexity index is 254. The molecule has 0 saturated heterocycles. The molecule has 0 heterocycles. The summed E-state index contributed by atoms with van der Waals surface area (Å²) in [6.07, 6.45) is -7.24. The van der Waals surface area contributed by atoms with E-state index in [2.05, 4.69) is 0 Å². The first-order valence-corrected chi connectivity index (χ1v) is 4.90. The van der Waals surface area contributed by atoms with Crippen LogP contribution in [-0.4, -0.2) is 23.7 Å². The van der Waals surface area contributed by atoms with E-state index in [0.717, 1.165) is 0 Å². The second-order valence-corrected chi connectivity index (χ2v) is 4.34. The predicted molar refractivity (Wildman–Crippen MR) is 32.5 cm³/mol. The van der Waals surface area contributed by atoms with Gasteiger partial charge in [-0.25, -0.2) is 0 Å². The summed E-state index contributed by atoms with van der Waals surface area (Å²) in [4.78, 5) is 0. The number of alkyl halides is 9. The van der Waals surface area contributed by atoms with Crippen molar-refractivity contribution in [3.63, 3.8) is 0 Å². The molecule has 0 N–H and O–H groups in total. The molecule has 0 aliphatic heterocycles. The molecule has 106 valence electrons. The van der Waals surface area contributed by atoms with E-state index in [4.69, 9.17) is 0 Å². The van der Waals surface area contributed by atoms with Gasteiger partial charge in [0.1, 0.15) is 0 Å². The molecule has 0 amide bonds. The van der Waals surface area contributed by atoms with Crippen LogP contribution in [0.15, 0.2) is 0 Å². The van der Waals surface area contributed by atoms with Gasteiger partial charge in [0.05, 0.1) is 0 Å². The minimum atomic E-state index is -8.77. The molecule has 0 rings (SSSR count). The molecule has 0 fully saturated rings. The molecule has 0 aromatic rings. The van der Waals surface area contributed by atoms with E-state index >= 15 is 0 Å². The molecule has 0 aromatic carbocycles. The van der Waals surface area contributed by atoms with E-state index < -0.39 is 31.9 Å². The van der Waals surface area contributed by atoms with Gasteiger partial charge in [0.25, 0.3) is 0 Å². The van der Waals surface area contributed by atoms with Crippen LogP contribution in [0.2, 0.25) is 0 Å². The van der Waals surface area contributed by atoms with Crippen LogP contribution < -0.4 is 0 Å². The Balaban J connectivity index is 5.73. The molecule has 0 aromatic heterocycles. The molecule has 0 aliphatic rings. The fourth-order valence-electron chi connectivity index (χ4n) is 0.553. The van der Waals surface area contributed by atoms with E-state index in [-0.39, 0.29) is 0 Å². The Kier molecular flexibility index (Phi) is 3.70. The van der Waals surface area contributed by atoms with Crippen molar-refractivity contribution in [2.75, 3.05) is 0 Å². The summed E-state index contributed by atoms with van der Waals surface area (Å²) >= 11 is 0. The van der Waals surface area contributed by atoms with Crippen LogP contribution in [0, 0.1) is 0 Å². The fraction of sp³-hybridized carbons (Fsp3) is 1.00. The third-order valence-corrected chi connectivity index (χ3v) is 2.53. The van der Waals surface area contributed by atoms with Gasteiger partial charge >= 0.3 is 84.0 Å². The van der Waals surface area contributed by atoms with Gasteiger partial charge in [-0.3, -0.25) is 0 Å². The Morgan fingerprint density at radius 1 is 0.529 bits per heavy atom. The average Bonchev–Trinajstić information content (AvgIpc) is 1.98. The molecule has 0 saturated carbocycles. The van der Waals surface area contributed by atoms with Crippen molar-refractivity contribution in [1.29, 1.82) is 0 Å². The maximum absolute atomic E-state index is 12.1. The molecule has 0 aliphatic carbocycles. The van der Waals surface area contributed by atoms with Gasteiger partial charge in [-0.05, 0) is 0 Å². The molecule has 0 atom stereocenters. The van der Waals surface area contributed by atoms with Gasteiger partial charge < -0.3 is 0 Å². The Labute approximate surface area is 85.3 Å². The fourth-order valence-corrected chi connectivity index (χ4v) is 1.07. The molecule has 0 bridgehead atoms. The Morgan fingerprint density at radius 2 is 0.824 bits per heavy atom. The molecule has 0 spiro atoms. The van der Waals surface area contributed by atoms with Gasteiger partial charge in [-0.15, -0.1) is 0 Å². The number of rotatable bonds is 3. The number of hydrogen-bond donors (Lipinski definition) is 0. The van der Waals surface area contributed by atoms with Crippen molar-refractivity contribution in [3.8, 4) is 0 Å². The van der Waals surface area contributed by atoms with Gasteiger partial charge in [0.15, 0.2) is 0 Å². The van der Waals surface area contributed by atoms with Crippen LogP contribution in [0.3, 0.4) is 0 Å². The van der Waals surface area contributed by atoms with Crippen LogP contribution in [0.1, 0.15) is 0 Å². The van der Waals surface area contributed by atoms with Crippen LogP contribution >= 0.6 is 8.19 Å². The summed E-state index contributed by atoms with van der Waals surface area (Å²) < 4.78 is 140. The zero-order valence-electron chi connectivity index (χ0n) is 7.04. The summed E-state index contributed by atoms with van der Waals surface area (Å²) in [6, 6.07) is 0. The third-order valence-electron chi connectivity index (χ3n) is 1.50. The van der Waals surface area contributed by atoms with Gasteiger partial charge in [-0.1, -0.05) is 0 Å². The Hall–Kier alpha value is -0.410. The molecular weight excluding hydrogens is 307 g/mol. The third kappa shape index (κ3) is 2.27. The maximum atomic E-state index is 12.1. The minimum absolute atomic E-state index is 7.24. The molecule has 13 heteroatoms. The summed E-state index contributed by atoms with van der Waals surface area (Å²) in [5, 5.41) is 0. The van der Waals surface area contributed by atoms with Crippen LogP contribution in [0.25, 0.3) is 0 Å². The van der Waals surface area contributed by atoms with E-state index in [1.54, 1.807) is 0 Å². The second kappa shape index (κ2) is 3.79. The van der Waals surface area contributed by atoms with Crippen molar-refractivity contribution in [1.82, 2.24) is 0 Å². The number of hydrogen-bond acceptors (Lipinski definition) is 0. The van der Waals surface area contributed by atoms with Gasteiger partial charge in [-0.2, -0.15) is 0 Å². The molecular formula is C4HF12P. The van der Waals surface area contributed by atoms with Gasteiger partial charge in [0.2, 0.25) is 0 Å². The van der Waals surface area contributed by atoms with Gasteiger partial charge in [0, 0.05) is 0 Å². The van der Waals surface area contributed by atoms with Crippen LogP contribution in [0.5, 0.6) is 0 Å². The first-order chi connectivity index (χ1) is 7.00. The monoisotopic (exact) mass is 308 g/mol. The SMILES string of the molecule is FC(F)(F)C(F)(F)C(F)(F)C(F)(F)[PH](F)(F)F. The molecule has 0 nitrogen and oxygen atoms in total. The van der Waals surface area contributed by atoms with Crippen LogP contribution in [0.4, 0.5) is 52.1 Å². The zero-order valence-corrected chi connectivity index (χ0v) is 8.04. The summed E-state index contributed by atoms with van der Waals surface area (Å²) in [5.74, 6) is -15.1. The summed E-state index contributed by atoms with van der Waals surface area (Å²) in [5.41, 5.74) is -7.39. The van der Waals surface area contributed by atoms with E-state index in [9.17, 15) is 52.1 Å². The second-order valence-electron chi connectivity index (χ2n) is 2.72. The quantitative estimate of drug-likeness (QED) is 0.518. The topological polar surface area (TPSA) is 0 Å². The molecule has 0 unspecified atom stereocenters. The van der Waals surface area contributed by atoms with E-state index in [0.29, 0.717) is 0 Å². The first-order valence-electron chi connectivity index (χ1n) is 3.27. The summed E-state index contributed by atoms with van der Waals surface area (Å²) in [6.45, 7) is 0. The van der Waals surface area contributed by atoms with Crippen molar-refractivity contribution >= 4 is 8.19 Å². The standard InChI is InChI=1S/C4HF12P/c5-1(6,3(9,10)11)2(7,8)4(12,13)17(14,15)16/h17H. The van der Waals surface area contributed by atoms with Crippen molar-refractivity contribution in [3.05, 3.63) is 0 Å². The normalized spacial score (nSPS) is 17.2. The van der Waals surface area contributed by atoms with Crippen molar-refractivity contribution in [2.24, 2.45) is 0 Å². The first kappa shape index (κ1) is 16.6. The van der Waals surface area contributed by atoms with Crippen molar-refractivity contribution < 1.29 is 52.1 Å². The zero-order chi connectivity index (χ0) is 14.5. The molecule has 17 heavy (non-hydrogen) atoms. The summed E-state index contributed by atoms with van der Waals surface area (Å²) in [7, 11) is -8.77. The van der Waals surface area contributed by atoms with Crippen LogP contribution in [-0.2, 0) is 0 Å². The Morgan fingerprint density at radius 3 is 1.00 bits per heavy atom. The molecule has 0 radical (unpaired) electrons. The van der Waals surface area contributed by atoms with E-state index in [1.807, 2.05) is 0 Å². The predicted octanol–water partition coefficient (Wildman–Crippen LogP) is 4.82. The van der Waals surface area contributed by atoms with Crippen molar-refractivity contribution in [2.45, 2.75) is 23.7 Å². The van der Waals surface area contributed by atoms with E-state index in [1.165, 1.54) is 0 Å². The average molecular weight is 308 g/mol. The number of halogens is 12.